The molecule has 4 aromatic rings. The van der Waals surface area contributed by atoms with Gasteiger partial charge in [0, 0.05) is 37.3 Å². The average molecular weight is 585 g/mol. The summed E-state index contributed by atoms with van der Waals surface area (Å²) in [7, 11) is -7.05. The zero-order valence-corrected chi connectivity index (χ0v) is 24.0. The van der Waals surface area contributed by atoms with Crippen molar-refractivity contribution in [3.05, 3.63) is 78.1 Å². The molecule has 0 radical (unpaired) electrons. The first-order valence-corrected chi connectivity index (χ1v) is 16.6. The lowest BCUT2D eigenvalue weighted by Crippen LogP contribution is -2.39. The second kappa shape index (κ2) is 10.8. The second-order valence-electron chi connectivity index (χ2n) is 9.79. The number of hydrogen-bond acceptors (Lipinski definition) is 8. The van der Waals surface area contributed by atoms with E-state index in [1.165, 1.54) is 50.9 Å². The van der Waals surface area contributed by atoms with Gasteiger partial charge < -0.3 is 0 Å². The first-order valence-electron chi connectivity index (χ1n) is 12.4. The van der Waals surface area contributed by atoms with E-state index < -0.39 is 19.9 Å². The van der Waals surface area contributed by atoms with Crippen LogP contribution in [0.4, 0.5) is 5.13 Å². The molecule has 1 aliphatic rings. The fourth-order valence-electron chi connectivity index (χ4n) is 4.58. The van der Waals surface area contributed by atoms with E-state index in [0.717, 1.165) is 24.7 Å². The van der Waals surface area contributed by atoms with Gasteiger partial charge in [-0.05, 0) is 72.9 Å². The number of carbonyl (C=O) groups excluding carboxylic acids is 1. The Labute approximate surface area is 232 Å². The number of piperidine rings is 1. The van der Waals surface area contributed by atoms with Crippen LogP contribution in [-0.4, -0.2) is 56.4 Å². The molecule has 0 saturated carbocycles. The number of hydrogen-bond donors (Lipinski definition) is 0. The predicted octanol–water partition coefficient (Wildman–Crippen LogP) is 4.36. The van der Waals surface area contributed by atoms with Crippen molar-refractivity contribution >= 4 is 52.5 Å². The first kappa shape index (κ1) is 27.4. The first-order chi connectivity index (χ1) is 18.5. The summed E-state index contributed by atoms with van der Waals surface area (Å²) < 4.78 is 52.6. The van der Waals surface area contributed by atoms with Gasteiger partial charge in [0.2, 0.25) is 10.0 Å². The Bertz CT molecular complexity index is 1720. The Morgan fingerprint density at radius 2 is 1.82 bits per heavy atom. The molecule has 204 valence electrons. The number of aromatic nitrogens is 2. The summed E-state index contributed by atoms with van der Waals surface area (Å²) in [6.07, 6.45) is 6.28. The number of pyridine rings is 1. The van der Waals surface area contributed by atoms with Gasteiger partial charge >= 0.3 is 0 Å². The van der Waals surface area contributed by atoms with Gasteiger partial charge in [-0.1, -0.05) is 24.3 Å². The van der Waals surface area contributed by atoms with Crippen LogP contribution in [0.3, 0.4) is 0 Å². The van der Waals surface area contributed by atoms with Gasteiger partial charge in [-0.25, -0.2) is 21.8 Å². The maximum absolute atomic E-state index is 13.8. The van der Waals surface area contributed by atoms with Gasteiger partial charge in [0.15, 0.2) is 15.0 Å². The summed E-state index contributed by atoms with van der Waals surface area (Å²) in [5.74, 6) is -0.0606. The van der Waals surface area contributed by atoms with Gasteiger partial charge in [0.05, 0.1) is 26.6 Å². The Morgan fingerprint density at radius 3 is 2.49 bits per heavy atom. The third-order valence-electron chi connectivity index (χ3n) is 6.68. The van der Waals surface area contributed by atoms with Crippen molar-refractivity contribution in [2.24, 2.45) is 5.92 Å². The lowest BCUT2D eigenvalue weighted by Gasteiger charge is -2.30. The summed E-state index contributed by atoms with van der Waals surface area (Å²) in [5, 5.41) is 0.392. The van der Waals surface area contributed by atoms with E-state index in [-0.39, 0.29) is 22.2 Å². The highest BCUT2D eigenvalue weighted by atomic mass is 32.2. The molecule has 2 aromatic carbocycles. The smallest absolute Gasteiger partial charge is 0.260 e. The highest BCUT2D eigenvalue weighted by molar-refractivity contribution is 7.90. The molecule has 1 aliphatic heterocycles. The molecule has 5 rings (SSSR count). The lowest BCUT2D eigenvalue weighted by atomic mass is 10.0. The standard InChI is InChI=1S/C27H28N4O5S3/c1-19-5-4-14-30(17-19)39(35,36)22-9-7-21(8-10-22)26(32)31(18-20-6-3-13-28-16-20)27-29-24-12-11-23(38(2,33)34)15-25(24)37-27/h3,6-13,15-16,19H,4-5,14,17-18H2,1-2H3. The number of sulfone groups is 1. The van der Waals surface area contributed by atoms with Crippen LogP contribution in [0.15, 0.2) is 76.8 Å². The number of amides is 1. The van der Waals surface area contributed by atoms with Crippen LogP contribution in [0, 0.1) is 5.92 Å². The van der Waals surface area contributed by atoms with Gasteiger partial charge in [-0.2, -0.15) is 4.31 Å². The fraction of sp³-hybridized carbons (Fsp3) is 0.296. The average Bonchev–Trinajstić information content (AvgIpc) is 3.35. The van der Waals surface area contributed by atoms with Crippen LogP contribution >= 0.6 is 11.3 Å². The molecule has 39 heavy (non-hydrogen) atoms. The predicted molar refractivity (Wildman–Crippen MR) is 151 cm³/mol. The molecule has 1 fully saturated rings. The quantitative estimate of drug-likeness (QED) is 0.317. The molecular weight excluding hydrogens is 557 g/mol. The van der Waals surface area contributed by atoms with E-state index in [4.69, 9.17) is 0 Å². The van der Waals surface area contributed by atoms with Crippen molar-refractivity contribution in [3.8, 4) is 0 Å². The molecule has 0 spiro atoms. The maximum atomic E-state index is 13.8. The Balaban J connectivity index is 1.48. The summed E-state index contributed by atoms with van der Waals surface area (Å²) in [6, 6.07) is 14.3. The van der Waals surface area contributed by atoms with Crippen LogP contribution in [0.2, 0.25) is 0 Å². The molecule has 9 nitrogen and oxygen atoms in total. The molecule has 1 atom stereocenters. The molecule has 1 saturated heterocycles. The number of thiazole rings is 1. The van der Waals surface area contributed by atoms with Crippen molar-refractivity contribution in [2.45, 2.75) is 36.1 Å². The highest BCUT2D eigenvalue weighted by Crippen LogP contribution is 2.33. The summed E-state index contributed by atoms with van der Waals surface area (Å²) in [4.78, 5) is 24.4. The fourth-order valence-corrected chi connectivity index (χ4v) is 7.90. The van der Waals surface area contributed by atoms with E-state index in [1.807, 2.05) is 13.0 Å². The molecule has 1 unspecified atom stereocenters. The van der Waals surface area contributed by atoms with Crippen LogP contribution in [0.1, 0.15) is 35.7 Å². The van der Waals surface area contributed by atoms with Crippen LogP contribution in [0.5, 0.6) is 0 Å². The van der Waals surface area contributed by atoms with E-state index >= 15 is 0 Å². The molecule has 0 bridgehead atoms. The topological polar surface area (TPSA) is 118 Å². The molecule has 1 amide bonds. The highest BCUT2D eigenvalue weighted by Gasteiger charge is 2.29. The molecule has 0 aliphatic carbocycles. The number of nitrogens with zero attached hydrogens (tertiary/aromatic N) is 4. The minimum Gasteiger partial charge on any atom is -0.279 e. The van der Waals surface area contributed by atoms with Crippen LogP contribution in [0.25, 0.3) is 10.2 Å². The normalized spacial score (nSPS) is 16.8. The summed E-state index contributed by atoms with van der Waals surface area (Å²) in [5.41, 5.74) is 1.66. The van der Waals surface area contributed by atoms with E-state index in [9.17, 15) is 21.6 Å². The van der Waals surface area contributed by atoms with E-state index in [1.54, 1.807) is 30.6 Å². The number of rotatable bonds is 7. The molecule has 2 aromatic heterocycles. The third-order valence-corrected chi connectivity index (χ3v) is 10.7. The largest absolute Gasteiger partial charge is 0.279 e. The molecule has 3 heterocycles. The molecule has 0 N–H and O–H groups in total. The zero-order valence-electron chi connectivity index (χ0n) is 21.5. The second-order valence-corrected chi connectivity index (χ2v) is 14.7. The lowest BCUT2D eigenvalue weighted by molar-refractivity contribution is 0.0985. The zero-order chi connectivity index (χ0) is 27.8. The SMILES string of the molecule is CC1CCCN(S(=O)(=O)c2ccc(C(=O)N(Cc3cccnc3)c3nc4ccc(S(C)(=O)=O)cc4s3)cc2)C1. The minimum absolute atomic E-state index is 0.153. The van der Waals surface area contributed by atoms with Crippen molar-refractivity contribution < 1.29 is 21.6 Å². The third kappa shape index (κ3) is 5.88. The van der Waals surface area contributed by atoms with Gasteiger partial charge in [-0.3, -0.25) is 14.7 Å². The van der Waals surface area contributed by atoms with Gasteiger partial charge in [0.25, 0.3) is 5.91 Å². The van der Waals surface area contributed by atoms with Crippen molar-refractivity contribution in [1.29, 1.82) is 0 Å². The van der Waals surface area contributed by atoms with Crippen molar-refractivity contribution in [3.63, 3.8) is 0 Å². The number of benzene rings is 2. The number of carbonyl (C=O) groups is 1. The van der Waals surface area contributed by atoms with Gasteiger partial charge in [0.1, 0.15) is 0 Å². The van der Waals surface area contributed by atoms with Crippen LogP contribution < -0.4 is 4.90 Å². The number of anilines is 1. The minimum atomic E-state index is -3.65. The molecule has 12 heteroatoms. The van der Waals surface area contributed by atoms with Crippen LogP contribution in [-0.2, 0) is 26.4 Å². The monoisotopic (exact) mass is 584 g/mol. The van der Waals surface area contributed by atoms with Crippen molar-refractivity contribution in [1.82, 2.24) is 14.3 Å². The number of fused-ring (bicyclic) bond motifs is 1. The van der Waals surface area contributed by atoms with Crippen molar-refractivity contribution in [2.75, 3.05) is 24.2 Å². The van der Waals surface area contributed by atoms with E-state index in [0.29, 0.717) is 39.9 Å². The van der Waals surface area contributed by atoms with E-state index in [2.05, 4.69) is 9.97 Å². The Morgan fingerprint density at radius 1 is 1.08 bits per heavy atom. The molecular formula is C27H28N4O5S3. The Hall–Kier alpha value is -3.19. The Kier molecular flexibility index (Phi) is 7.55. The summed E-state index contributed by atoms with van der Waals surface area (Å²) in [6.45, 7) is 3.20. The summed E-state index contributed by atoms with van der Waals surface area (Å²) >= 11 is 1.21. The van der Waals surface area contributed by atoms with Gasteiger partial charge in [-0.15, -0.1) is 0 Å². The maximum Gasteiger partial charge on any atom is 0.260 e. The number of sulfonamides is 1.